The van der Waals surface area contributed by atoms with E-state index in [1.807, 2.05) is 5.51 Å². The number of nitrogens with zero attached hydrogens (tertiary/aromatic N) is 1. The number of aromatic nitrogens is 1. The minimum Gasteiger partial charge on any atom is -0.330 e. The van der Waals surface area contributed by atoms with Crippen LogP contribution >= 0.6 is 11.3 Å². The fraction of sp³-hybridized carbons (Fsp3) is 0.571. The highest BCUT2D eigenvalue weighted by Gasteiger charge is 2.07. The standard InChI is InChI=1S/C7H12N2S/c1-5(3-8)7-6(2)10-4-9-7/h4-5H,3,8H2,1-2H3. The van der Waals surface area contributed by atoms with Gasteiger partial charge in [0.05, 0.1) is 11.2 Å². The van der Waals surface area contributed by atoms with Crippen LogP contribution < -0.4 is 5.73 Å². The maximum absolute atomic E-state index is 5.50. The summed E-state index contributed by atoms with van der Waals surface area (Å²) in [6, 6.07) is 0. The summed E-state index contributed by atoms with van der Waals surface area (Å²) in [5, 5.41) is 0. The molecule has 3 heteroatoms. The first-order chi connectivity index (χ1) is 4.75. The molecule has 0 spiro atoms. The van der Waals surface area contributed by atoms with Crippen molar-refractivity contribution in [1.29, 1.82) is 0 Å². The molecule has 1 atom stereocenters. The molecule has 0 aliphatic heterocycles. The van der Waals surface area contributed by atoms with E-state index in [0.717, 1.165) is 5.69 Å². The lowest BCUT2D eigenvalue weighted by Crippen LogP contribution is -2.09. The van der Waals surface area contributed by atoms with Gasteiger partial charge in [-0.3, -0.25) is 0 Å². The fourth-order valence-electron chi connectivity index (χ4n) is 0.899. The summed E-state index contributed by atoms with van der Waals surface area (Å²) in [6.45, 7) is 4.87. The molecule has 0 saturated carbocycles. The Labute approximate surface area is 65.1 Å². The largest absolute Gasteiger partial charge is 0.330 e. The molecule has 1 unspecified atom stereocenters. The van der Waals surface area contributed by atoms with Gasteiger partial charge in [0.1, 0.15) is 0 Å². The summed E-state index contributed by atoms with van der Waals surface area (Å²) in [4.78, 5) is 5.51. The highest BCUT2D eigenvalue weighted by molar-refractivity contribution is 7.09. The van der Waals surface area contributed by atoms with Crippen molar-refractivity contribution in [3.8, 4) is 0 Å². The third-order valence-electron chi connectivity index (χ3n) is 1.60. The molecule has 0 aliphatic rings. The van der Waals surface area contributed by atoms with Gasteiger partial charge in [0, 0.05) is 17.3 Å². The van der Waals surface area contributed by atoms with Crippen LogP contribution in [0.15, 0.2) is 5.51 Å². The van der Waals surface area contributed by atoms with Crippen molar-refractivity contribution in [3.05, 3.63) is 16.1 Å². The van der Waals surface area contributed by atoms with Crippen molar-refractivity contribution in [1.82, 2.24) is 4.98 Å². The third kappa shape index (κ3) is 1.36. The molecule has 1 rings (SSSR count). The van der Waals surface area contributed by atoms with Crippen LogP contribution in [-0.4, -0.2) is 11.5 Å². The van der Waals surface area contributed by atoms with Gasteiger partial charge in [0.2, 0.25) is 0 Å². The molecule has 1 heterocycles. The SMILES string of the molecule is Cc1scnc1C(C)CN. The van der Waals surface area contributed by atoms with Crippen molar-refractivity contribution >= 4 is 11.3 Å². The Morgan fingerprint density at radius 1 is 1.80 bits per heavy atom. The highest BCUT2D eigenvalue weighted by atomic mass is 32.1. The van der Waals surface area contributed by atoms with Crippen LogP contribution in [0.5, 0.6) is 0 Å². The molecular formula is C7H12N2S. The molecule has 0 fully saturated rings. The van der Waals surface area contributed by atoms with E-state index in [-0.39, 0.29) is 0 Å². The number of thiazole rings is 1. The van der Waals surface area contributed by atoms with Crippen LogP contribution in [0.1, 0.15) is 23.4 Å². The van der Waals surface area contributed by atoms with Crippen LogP contribution in [0.2, 0.25) is 0 Å². The predicted octanol–water partition coefficient (Wildman–Crippen LogP) is 1.51. The molecular weight excluding hydrogens is 144 g/mol. The Kier molecular flexibility index (Phi) is 2.40. The molecule has 0 radical (unpaired) electrons. The molecule has 0 aromatic carbocycles. The van der Waals surface area contributed by atoms with E-state index in [1.54, 1.807) is 11.3 Å². The van der Waals surface area contributed by atoms with E-state index in [0.29, 0.717) is 12.5 Å². The Bertz CT molecular complexity index is 207. The van der Waals surface area contributed by atoms with Crippen LogP contribution in [0.4, 0.5) is 0 Å². The van der Waals surface area contributed by atoms with E-state index in [4.69, 9.17) is 5.73 Å². The number of hydrogen-bond donors (Lipinski definition) is 1. The summed E-state index contributed by atoms with van der Waals surface area (Å²) in [5.41, 5.74) is 8.53. The maximum Gasteiger partial charge on any atom is 0.0797 e. The van der Waals surface area contributed by atoms with Crippen molar-refractivity contribution < 1.29 is 0 Å². The molecule has 1 aromatic heterocycles. The van der Waals surface area contributed by atoms with Crippen LogP contribution in [0, 0.1) is 6.92 Å². The van der Waals surface area contributed by atoms with E-state index >= 15 is 0 Å². The van der Waals surface area contributed by atoms with Gasteiger partial charge in [-0.05, 0) is 6.92 Å². The minimum absolute atomic E-state index is 0.409. The lowest BCUT2D eigenvalue weighted by Gasteiger charge is -2.04. The highest BCUT2D eigenvalue weighted by Crippen LogP contribution is 2.19. The van der Waals surface area contributed by atoms with Gasteiger partial charge in [-0.25, -0.2) is 4.98 Å². The van der Waals surface area contributed by atoms with Crippen molar-refractivity contribution in [2.45, 2.75) is 19.8 Å². The second-order valence-electron chi connectivity index (χ2n) is 2.43. The normalized spacial score (nSPS) is 13.5. The lowest BCUT2D eigenvalue weighted by molar-refractivity contribution is 0.746. The number of nitrogens with two attached hydrogens (primary N) is 1. The Hall–Kier alpha value is -0.410. The molecule has 2 N–H and O–H groups in total. The van der Waals surface area contributed by atoms with Gasteiger partial charge in [-0.15, -0.1) is 11.3 Å². The Morgan fingerprint density at radius 2 is 2.50 bits per heavy atom. The average molecular weight is 156 g/mol. The number of rotatable bonds is 2. The van der Waals surface area contributed by atoms with Crippen LogP contribution in [0.3, 0.4) is 0 Å². The van der Waals surface area contributed by atoms with E-state index in [9.17, 15) is 0 Å². The Morgan fingerprint density at radius 3 is 2.90 bits per heavy atom. The van der Waals surface area contributed by atoms with Gasteiger partial charge in [0.15, 0.2) is 0 Å². The average Bonchev–Trinajstić information content (AvgIpc) is 2.34. The van der Waals surface area contributed by atoms with E-state index in [1.165, 1.54) is 4.88 Å². The molecule has 0 bridgehead atoms. The first-order valence-corrected chi connectivity index (χ1v) is 4.23. The van der Waals surface area contributed by atoms with E-state index < -0.39 is 0 Å². The van der Waals surface area contributed by atoms with Crippen LogP contribution in [0.25, 0.3) is 0 Å². The van der Waals surface area contributed by atoms with Gasteiger partial charge < -0.3 is 5.73 Å². The summed E-state index contributed by atoms with van der Waals surface area (Å²) < 4.78 is 0. The zero-order valence-corrected chi connectivity index (χ0v) is 7.11. The monoisotopic (exact) mass is 156 g/mol. The summed E-state index contributed by atoms with van der Waals surface area (Å²) in [6.07, 6.45) is 0. The zero-order chi connectivity index (χ0) is 7.56. The molecule has 2 nitrogen and oxygen atoms in total. The van der Waals surface area contributed by atoms with Crippen molar-refractivity contribution in [2.24, 2.45) is 5.73 Å². The van der Waals surface area contributed by atoms with Crippen molar-refractivity contribution in [2.75, 3.05) is 6.54 Å². The molecule has 10 heavy (non-hydrogen) atoms. The van der Waals surface area contributed by atoms with Gasteiger partial charge in [-0.1, -0.05) is 6.92 Å². The fourth-order valence-corrected chi connectivity index (χ4v) is 1.60. The second-order valence-corrected chi connectivity index (χ2v) is 3.49. The first-order valence-electron chi connectivity index (χ1n) is 3.35. The predicted molar refractivity (Wildman–Crippen MR) is 44.3 cm³/mol. The quantitative estimate of drug-likeness (QED) is 0.705. The first kappa shape index (κ1) is 7.69. The summed E-state index contributed by atoms with van der Waals surface area (Å²) in [7, 11) is 0. The molecule has 0 aliphatic carbocycles. The second kappa shape index (κ2) is 3.12. The molecule has 0 saturated heterocycles. The minimum atomic E-state index is 0.409. The smallest absolute Gasteiger partial charge is 0.0797 e. The summed E-state index contributed by atoms with van der Waals surface area (Å²) in [5.74, 6) is 0.409. The van der Waals surface area contributed by atoms with E-state index in [2.05, 4.69) is 18.8 Å². The summed E-state index contributed by atoms with van der Waals surface area (Å²) >= 11 is 1.68. The number of hydrogen-bond acceptors (Lipinski definition) is 3. The molecule has 1 aromatic rings. The van der Waals surface area contributed by atoms with Crippen molar-refractivity contribution in [3.63, 3.8) is 0 Å². The third-order valence-corrected chi connectivity index (χ3v) is 2.38. The van der Waals surface area contributed by atoms with Gasteiger partial charge in [-0.2, -0.15) is 0 Å². The maximum atomic E-state index is 5.50. The topological polar surface area (TPSA) is 38.9 Å². The molecule has 56 valence electrons. The van der Waals surface area contributed by atoms with Crippen LogP contribution in [-0.2, 0) is 0 Å². The number of aryl methyl sites for hydroxylation is 1. The lowest BCUT2D eigenvalue weighted by atomic mass is 10.1. The van der Waals surface area contributed by atoms with Gasteiger partial charge >= 0.3 is 0 Å². The Balaban J connectivity index is 2.82. The van der Waals surface area contributed by atoms with Gasteiger partial charge in [0.25, 0.3) is 0 Å². The molecule has 0 amide bonds. The zero-order valence-electron chi connectivity index (χ0n) is 6.29.